The first-order valence-corrected chi connectivity index (χ1v) is 17.6. The molecule has 1 aliphatic carbocycles. The van der Waals surface area contributed by atoms with Crippen molar-refractivity contribution in [2.75, 3.05) is 4.90 Å². The lowest BCUT2D eigenvalue weighted by atomic mass is 9.58. The van der Waals surface area contributed by atoms with Crippen LogP contribution in [0.25, 0.3) is 65.3 Å². The first-order valence-electron chi connectivity index (χ1n) is 17.6. The summed E-state index contributed by atoms with van der Waals surface area (Å²) in [6, 6.07) is 52.7. The van der Waals surface area contributed by atoms with Crippen molar-refractivity contribution in [1.82, 2.24) is 0 Å². The molecule has 0 aromatic heterocycles. The zero-order chi connectivity index (χ0) is 32.2. The first kappa shape index (κ1) is 27.9. The van der Waals surface area contributed by atoms with Crippen LogP contribution in [0.1, 0.15) is 51.5 Å². The molecule has 10 rings (SSSR count). The number of anilines is 2. The van der Waals surface area contributed by atoms with Crippen molar-refractivity contribution in [3.8, 4) is 22.3 Å². The lowest BCUT2D eigenvalue weighted by Gasteiger charge is -2.55. The average Bonchev–Trinajstić information content (AvgIpc) is 3.39. The zero-order valence-corrected chi connectivity index (χ0v) is 27.9. The van der Waals surface area contributed by atoms with E-state index < -0.39 is 0 Å². The van der Waals surface area contributed by atoms with Crippen LogP contribution in [0, 0.1) is 5.41 Å². The molecule has 232 valence electrons. The highest BCUT2D eigenvalue weighted by Gasteiger charge is 2.58. The van der Waals surface area contributed by atoms with E-state index in [0.29, 0.717) is 5.92 Å². The van der Waals surface area contributed by atoms with Crippen molar-refractivity contribution >= 4 is 54.5 Å². The van der Waals surface area contributed by atoms with Gasteiger partial charge in [0.15, 0.2) is 0 Å². The van der Waals surface area contributed by atoms with Crippen LogP contribution in [0.5, 0.6) is 0 Å². The van der Waals surface area contributed by atoms with Gasteiger partial charge in [-0.1, -0.05) is 136 Å². The monoisotopic (exact) mass is 617 g/mol. The van der Waals surface area contributed by atoms with Crippen LogP contribution < -0.4 is 4.90 Å². The fraction of sp³-hybridized carbons (Fsp3) is 0.191. The second-order valence-corrected chi connectivity index (χ2v) is 15.1. The summed E-state index contributed by atoms with van der Waals surface area (Å²) in [5.41, 5.74) is 9.63. The van der Waals surface area contributed by atoms with Gasteiger partial charge < -0.3 is 4.90 Å². The van der Waals surface area contributed by atoms with Gasteiger partial charge in [-0.15, -0.1) is 0 Å². The summed E-state index contributed by atoms with van der Waals surface area (Å²) in [6.45, 7) is 7.53. The largest absolute Gasteiger partial charge is 0.334 e. The summed E-state index contributed by atoms with van der Waals surface area (Å²) in [5.74, 6) is 0.486. The minimum Gasteiger partial charge on any atom is -0.334 e. The van der Waals surface area contributed by atoms with Gasteiger partial charge in [0.05, 0.1) is 5.54 Å². The van der Waals surface area contributed by atoms with E-state index in [0.717, 1.165) is 0 Å². The standard InChI is InChI=1S/C47H39N/c1-46(2)28-10-17-42-41-29-33(22-27-43(41)48(47(42,46)3)34-13-5-4-6-14-34)36-23-18-31-21-26-40-38(24-19-32-20-25-39(36)44(31)45(32)40)37-16-9-12-30-11-7-8-15-35(30)37/h4-9,11-16,18-27,29,42H,10,17,28H2,1-3H3. The maximum Gasteiger partial charge on any atom is 0.0543 e. The van der Waals surface area contributed by atoms with Gasteiger partial charge in [0.2, 0.25) is 0 Å². The molecule has 2 aliphatic rings. The van der Waals surface area contributed by atoms with Crippen LogP contribution in [-0.2, 0) is 0 Å². The third-order valence-electron chi connectivity index (χ3n) is 12.5. The summed E-state index contributed by atoms with van der Waals surface area (Å²) in [6.07, 6.45) is 3.76. The van der Waals surface area contributed by atoms with Crippen LogP contribution in [0.2, 0.25) is 0 Å². The second-order valence-electron chi connectivity index (χ2n) is 15.1. The van der Waals surface area contributed by atoms with E-state index in [1.165, 1.54) is 102 Å². The van der Waals surface area contributed by atoms with Crippen LogP contribution in [0.4, 0.5) is 11.4 Å². The van der Waals surface area contributed by atoms with Crippen molar-refractivity contribution in [3.63, 3.8) is 0 Å². The number of rotatable bonds is 3. The summed E-state index contributed by atoms with van der Waals surface area (Å²) >= 11 is 0. The van der Waals surface area contributed by atoms with E-state index in [1.807, 2.05) is 0 Å². The fourth-order valence-electron chi connectivity index (χ4n) is 9.86. The molecule has 0 bridgehead atoms. The van der Waals surface area contributed by atoms with Gasteiger partial charge in [-0.3, -0.25) is 0 Å². The molecule has 1 fully saturated rings. The first-order chi connectivity index (χ1) is 23.4. The van der Waals surface area contributed by atoms with E-state index in [2.05, 4.69) is 165 Å². The van der Waals surface area contributed by atoms with Crippen LogP contribution in [0.15, 0.2) is 140 Å². The Morgan fingerprint density at radius 1 is 0.542 bits per heavy atom. The molecule has 48 heavy (non-hydrogen) atoms. The van der Waals surface area contributed by atoms with Gasteiger partial charge in [-0.2, -0.15) is 0 Å². The molecular formula is C47H39N. The number of benzene rings is 8. The normalized spacial score (nSPS) is 20.1. The molecule has 8 aromatic carbocycles. The maximum atomic E-state index is 2.69. The number of fused-ring (bicyclic) bond motifs is 4. The Hall–Kier alpha value is -5.14. The van der Waals surface area contributed by atoms with Gasteiger partial charge in [0, 0.05) is 17.3 Å². The molecule has 0 saturated heterocycles. The van der Waals surface area contributed by atoms with Crippen molar-refractivity contribution in [3.05, 3.63) is 145 Å². The Balaban J connectivity index is 1.19. The van der Waals surface area contributed by atoms with Crippen LogP contribution in [0.3, 0.4) is 0 Å². The third-order valence-corrected chi connectivity index (χ3v) is 12.5. The Kier molecular flexibility index (Phi) is 5.78. The fourth-order valence-corrected chi connectivity index (χ4v) is 9.86. The quantitative estimate of drug-likeness (QED) is 0.178. The molecule has 0 radical (unpaired) electrons. The number of nitrogens with zero attached hydrogens (tertiary/aromatic N) is 1. The zero-order valence-electron chi connectivity index (χ0n) is 27.9. The molecule has 1 saturated carbocycles. The Bertz CT molecular complexity index is 2540. The van der Waals surface area contributed by atoms with Crippen molar-refractivity contribution in [2.24, 2.45) is 5.41 Å². The molecule has 1 aliphatic heterocycles. The highest BCUT2D eigenvalue weighted by Crippen LogP contribution is 2.63. The summed E-state index contributed by atoms with van der Waals surface area (Å²) in [7, 11) is 0. The van der Waals surface area contributed by atoms with Crippen molar-refractivity contribution < 1.29 is 0 Å². The molecule has 0 amide bonds. The van der Waals surface area contributed by atoms with E-state index in [1.54, 1.807) is 0 Å². The molecule has 0 N–H and O–H groups in total. The van der Waals surface area contributed by atoms with E-state index >= 15 is 0 Å². The Labute approximate surface area is 282 Å². The molecule has 0 spiro atoms. The molecule has 8 aromatic rings. The SMILES string of the molecule is CC1(C)CCCC2c3cc(-c4ccc5ccc6c(-c7cccc8ccccc78)ccc7ccc4c5c76)ccc3N(c3ccccc3)C21C. The smallest absolute Gasteiger partial charge is 0.0543 e. The van der Waals surface area contributed by atoms with Crippen LogP contribution >= 0.6 is 0 Å². The topological polar surface area (TPSA) is 3.24 Å². The predicted molar refractivity (Wildman–Crippen MR) is 206 cm³/mol. The predicted octanol–water partition coefficient (Wildman–Crippen LogP) is 13.3. The number of hydrogen-bond donors (Lipinski definition) is 0. The molecule has 1 nitrogen and oxygen atoms in total. The van der Waals surface area contributed by atoms with E-state index in [4.69, 9.17) is 0 Å². The lowest BCUT2D eigenvalue weighted by Crippen LogP contribution is -2.56. The second kappa shape index (κ2) is 9.94. The van der Waals surface area contributed by atoms with Gasteiger partial charge >= 0.3 is 0 Å². The van der Waals surface area contributed by atoms with Gasteiger partial charge in [0.25, 0.3) is 0 Å². The summed E-state index contributed by atoms with van der Waals surface area (Å²) < 4.78 is 0. The Morgan fingerprint density at radius 3 is 1.98 bits per heavy atom. The van der Waals surface area contributed by atoms with Crippen molar-refractivity contribution in [1.29, 1.82) is 0 Å². The highest BCUT2D eigenvalue weighted by atomic mass is 15.3. The van der Waals surface area contributed by atoms with Crippen LogP contribution in [-0.4, -0.2) is 5.54 Å². The van der Waals surface area contributed by atoms with E-state index in [9.17, 15) is 0 Å². The molecule has 1 heterocycles. The summed E-state index contributed by atoms with van der Waals surface area (Å²) in [4.78, 5) is 2.69. The maximum absolute atomic E-state index is 2.69. The number of para-hydroxylation sites is 1. The Morgan fingerprint density at radius 2 is 1.19 bits per heavy atom. The molecule has 2 unspecified atom stereocenters. The highest BCUT2D eigenvalue weighted by molar-refractivity contribution is 6.28. The molecule has 1 heteroatoms. The molecular weight excluding hydrogens is 579 g/mol. The molecule has 2 atom stereocenters. The average molecular weight is 618 g/mol. The van der Waals surface area contributed by atoms with Gasteiger partial charge in [-0.25, -0.2) is 0 Å². The van der Waals surface area contributed by atoms with Gasteiger partial charge in [0.1, 0.15) is 0 Å². The minimum absolute atomic E-state index is 0.00816. The lowest BCUT2D eigenvalue weighted by molar-refractivity contribution is 0.101. The van der Waals surface area contributed by atoms with Gasteiger partial charge in [-0.05, 0) is 120 Å². The third kappa shape index (κ3) is 3.68. The van der Waals surface area contributed by atoms with Crippen molar-refractivity contribution in [2.45, 2.75) is 51.5 Å². The number of hydrogen-bond acceptors (Lipinski definition) is 1. The summed E-state index contributed by atoms with van der Waals surface area (Å²) in [5, 5.41) is 10.6. The minimum atomic E-state index is 0.00816. The van der Waals surface area contributed by atoms with E-state index in [-0.39, 0.29) is 11.0 Å².